The Bertz CT molecular complexity index is 791. The molecular formula is C12H9N3O3S. The number of aromatic nitrogens is 3. The zero-order valence-corrected chi connectivity index (χ0v) is 11.0. The lowest BCUT2D eigenvalue weighted by Gasteiger charge is -2.00. The summed E-state index contributed by atoms with van der Waals surface area (Å²) in [5, 5.41) is 13.6. The van der Waals surface area contributed by atoms with Crippen LogP contribution < -0.4 is 0 Å². The monoisotopic (exact) mass is 275 g/mol. The van der Waals surface area contributed by atoms with Crippen molar-refractivity contribution in [1.82, 2.24) is 15.1 Å². The maximum Gasteiger partial charge on any atom is 0.345 e. The summed E-state index contributed by atoms with van der Waals surface area (Å²) in [6, 6.07) is 3.30. The average molecular weight is 275 g/mol. The third kappa shape index (κ3) is 1.88. The van der Waals surface area contributed by atoms with E-state index < -0.39 is 5.97 Å². The van der Waals surface area contributed by atoms with Crippen LogP contribution in [0.15, 0.2) is 16.7 Å². The molecule has 96 valence electrons. The van der Waals surface area contributed by atoms with Crippen LogP contribution in [0.3, 0.4) is 0 Å². The van der Waals surface area contributed by atoms with Crippen LogP contribution in [0.4, 0.5) is 0 Å². The van der Waals surface area contributed by atoms with Gasteiger partial charge in [-0.05, 0) is 26.0 Å². The molecule has 3 heterocycles. The van der Waals surface area contributed by atoms with E-state index in [1.807, 2.05) is 0 Å². The van der Waals surface area contributed by atoms with Crippen LogP contribution in [0.25, 0.3) is 21.7 Å². The number of carboxylic acid groups (broad SMARTS) is 1. The van der Waals surface area contributed by atoms with Crippen molar-refractivity contribution in [1.29, 1.82) is 0 Å². The molecule has 7 heteroatoms. The molecule has 0 atom stereocenters. The highest BCUT2D eigenvalue weighted by molar-refractivity contribution is 7.17. The zero-order valence-electron chi connectivity index (χ0n) is 10.2. The smallest absolute Gasteiger partial charge is 0.345 e. The van der Waals surface area contributed by atoms with Crippen molar-refractivity contribution in [3.8, 4) is 10.6 Å². The molecule has 0 saturated carbocycles. The predicted octanol–water partition coefficient (Wildman–Crippen LogP) is 2.66. The second-order valence-electron chi connectivity index (χ2n) is 4.04. The molecule has 0 spiro atoms. The van der Waals surface area contributed by atoms with E-state index in [-0.39, 0.29) is 4.88 Å². The summed E-state index contributed by atoms with van der Waals surface area (Å²) in [6.45, 7) is 3.56. The first-order chi connectivity index (χ1) is 9.06. The number of thiophene rings is 1. The predicted molar refractivity (Wildman–Crippen MR) is 69.3 cm³/mol. The van der Waals surface area contributed by atoms with Crippen LogP contribution in [-0.4, -0.2) is 26.2 Å². The molecule has 0 aliphatic heterocycles. The number of carbonyl (C=O) groups is 1. The molecule has 0 fully saturated rings. The molecule has 1 N–H and O–H groups in total. The average Bonchev–Trinajstić information content (AvgIpc) is 2.96. The molecule has 3 aromatic rings. The fraction of sp³-hybridized carbons (Fsp3) is 0.167. The third-order valence-corrected chi connectivity index (χ3v) is 3.75. The van der Waals surface area contributed by atoms with Gasteiger partial charge in [-0.15, -0.1) is 11.3 Å². The molecule has 0 saturated heterocycles. The number of aryl methyl sites for hydroxylation is 2. The fourth-order valence-electron chi connectivity index (χ4n) is 1.85. The van der Waals surface area contributed by atoms with E-state index in [1.54, 1.807) is 26.0 Å². The first-order valence-corrected chi connectivity index (χ1v) is 6.32. The number of fused-ring (bicyclic) bond motifs is 1. The Labute approximate surface area is 111 Å². The maximum absolute atomic E-state index is 10.9. The van der Waals surface area contributed by atoms with Gasteiger partial charge in [0.25, 0.3) is 5.71 Å². The van der Waals surface area contributed by atoms with Gasteiger partial charge in [-0.2, -0.15) is 4.98 Å². The van der Waals surface area contributed by atoms with Gasteiger partial charge in [0.1, 0.15) is 10.7 Å². The molecule has 6 nitrogen and oxygen atoms in total. The summed E-state index contributed by atoms with van der Waals surface area (Å²) in [4.78, 5) is 20.5. The van der Waals surface area contributed by atoms with E-state index in [2.05, 4.69) is 15.1 Å². The van der Waals surface area contributed by atoms with Crippen LogP contribution in [0.1, 0.15) is 21.2 Å². The first kappa shape index (κ1) is 11.8. The SMILES string of the molecule is Cc1nc(-c2ccc(C(=O)O)s2)c2c(C)noc2n1. The first-order valence-electron chi connectivity index (χ1n) is 5.50. The highest BCUT2D eigenvalue weighted by atomic mass is 32.1. The molecule has 0 aliphatic carbocycles. The van der Waals surface area contributed by atoms with Gasteiger partial charge >= 0.3 is 5.97 Å². The van der Waals surface area contributed by atoms with Gasteiger partial charge in [-0.25, -0.2) is 9.78 Å². The summed E-state index contributed by atoms with van der Waals surface area (Å²) in [5.41, 5.74) is 1.78. The number of carboxylic acids is 1. The Morgan fingerprint density at radius 1 is 1.32 bits per heavy atom. The maximum atomic E-state index is 10.9. The molecule has 0 aliphatic rings. The lowest BCUT2D eigenvalue weighted by Crippen LogP contribution is -1.92. The molecule has 0 bridgehead atoms. The molecule has 19 heavy (non-hydrogen) atoms. The molecule has 0 radical (unpaired) electrons. The minimum atomic E-state index is -0.944. The molecule has 3 aromatic heterocycles. The van der Waals surface area contributed by atoms with Crippen molar-refractivity contribution in [3.05, 3.63) is 28.5 Å². The Morgan fingerprint density at radius 2 is 2.11 bits per heavy atom. The van der Waals surface area contributed by atoms with Crippen molar-refractivity contribution in [2.75, 3.05) is 0 Å². The summed E-state index contributed by atoms with van der Waals surface area (Å²) in [5.74, 6) is -0.385. The Kier molecular flexibility index (Phi) is 2.56. The number of hydrogen-bond donors (Lipinski definition) is 1. The number of rotatable bonds is 2. The van der Waals surface area contributed by atoms with Crippen molar-refractivity contribution in [2.24, 2.45) is 0 Å². The normalized spacial score (nSPS) is 11.1. The van der Waals surface area contributed by atoms with E-state index in [0.717, 1.165) is 10.3 Å². The van der Waals surface area contributed by atoms with E-state index in [9.17, 15) is 4.79 Å². The van der Waals surface area contributed by atoms with Crippen molar-refractivity contribution in [2.45, 2.75) is 13.8 Å². The van der Waals surface area contributed by atoms with Gasteiger partial charge in [0.15, 0.2) is 0 Å². The lowest BCUT2D eigenvalue weighted by atomic mass is 10.2. The molecule has 0 unspecified atom stereocenters. The van der Waals surface area contributed by atoms with Crippen LogP contribution in [0, 0.1) is 13.8 Å². The molecular weight excluding hydrogens is 266 g/mol. The third-order valence-electron chi connectivity index (χ3n) is 2.67. The molecule has 0 aromatic carbocycles. The minimum absolute atomic E-state index is 0.272. The number of nitrogens with zero attached hydrogens (tertiary/aromatic N) is 3. The van der Waals surface area contributed by atoms with Gasteiger partial charge < -0.3 is 9.63 Å². The topological polar surface area (TPSA) is 89.1 Å². The summed E-state index contributed by atoms with van der Waals surface area (Å²) >= 11 is 1.17. The number of aromatic carboxylic acids is 1. The van der Waals surface area contributed by atoms with Crippen LogP contribution >= 0.6 is 11.3 Å². The fourth-order valence-corrected chi connectivity index (χ4v) is 2.70. The highest BCUT2D eigenvalue weighted by Gasteiger charge is 2.17. The zero-order chi connectivity index (χ0) is 13.6. The quantitative estimate of drug-likeness (QED) is 0.773. The number of hydrogen-bond acceptors (Lipinski definition) is 6. The van der Waals surface area contributed by atoms with Crippen molar-refractivity contribution >= 4 is 28.4 Å². The van der Waals surface area contributed by atoms with Crippen LogP contribution in [0.5, 0.6) is 0 Å². The van der Waals surface area contributed by atoms with E-state index in [1.165, 1.54) is 11.3 Å². The second-order valence-corrected chi connectivity index (χ2v) is 5.12. The minimum Gasteiger partial charge on any atom is -0.477 e. The van der Waals surface area contributed by atoms with Gasteiger partial charge in [-0.3, -0.25) is 0 Å². The summed E-state index contributed by atoms with van der Waals surface area (Å²) in [6.07, 6.45) is 0. The lowest BCUT2D eigenvalue weighted by molar-refractivity contribution is 0.0702. The van der Waals surface area contributed by atoms with E-state index in [4.69, 9.17) is 9.63 Å². The Hall–Kier alpha value is -2.28. The molecule has 3 rings (SSSR count). The summed E-state index contributed by atoms with van der Waals surface area (Å²) in [7, 11) is 0. The van der Waals surface area contributed by atoms with Crippen molar-refractivity contribution in [3.63, 3.8) is 0 Å². The summed E-state index contributed by atoms with van der Waals surface area (Å²) < 4.78 is 5.13. The van der Waals surface area contributed by atoms with Gasteiger partial charge in [0.05, 0.1) is 21.7 Å². The van der Waals surface area contributed by atoms with Crippen molar-refractivity contribution < 1.29 is 14.4 Å². The van der Waals surface area contributed by atoms with Gasteiger partial charge in [-0.1, -0.05) is 5.16 Å². The van der Waals surface area contributed by atoms with Gasteiger partial charge in [0, 0.05) is 0 Å². The Morgan fingerprint density at radius 3 is 2.79 bits per heavy atom. The second kappa shape index (κ2) is 4.13. The van der Waals surface area contributed by atoms with Gasteiger partial charge in [0.2, 0.25) is 0 Å². The van der Waals surface area contributed by atoms with Crippen LogP contribution in [0.2, 0.25) is 0 Å². The highest BCUT2D eigenvalue weighted by Crippen LogP contribution is 2.33. The molecule has 0 amide bonds. The van der Waals surface area contributed by atoms with E-state index in [0.29, 0.717) is 22.9 Å². The van der Waals surface area contributed by atoms with E-state index >= 15 is 0 Å². The largest absolute Gasteiger partial charge is 0.477 e. The Balaban J connectivity index is 2.28. The van der Waals surface area contributed by atoms with Crippen LogP contribution in [-0.2, 0) is 0 Å². The standard InChI is InChI=1S/C12H9N3O3S/c1-5-9-10(7-3-4-8(19-7)12(16)17)13-6(2)14-11(9)18-15-5/h3-4H,1-2H3,(H,16,17).